The molecule has 2 unspecified atom stereocenters. The van der Waals surface area contributed by atoms with Crippen LogP contribution in [0.4, 0.5) is 5.69 Å². The van der Waals surface area contributed by atoms with Gasteiger partial charge in [-0.3, -0.25) is 0 Å². The molecule has 2 aromatic rings. The largest absolute Gasteiger partial charge is 0.335 e. The van der Waals surface area contributed by atoms with Crippen molar-refractivity contribution in [3.63, 3.8) is 0 Å². The van der Waals surface area contributed by atoms with Gasteiger partial charge in [0, 0.05) is 11.4 Å². The van der Waals surface area contributed by atoms with E-state index >= 15 is 0 Å². The maximum absolute atomic E-state index is 4.18. The molecule has 2 aromatic carbocycles. The summed E-state index contributed by atoms with van der Waals surface area (Å²) >= 11 is 0. The predicted molar refractivity (Wildman–Crippen MR) is 135 cm³/mol. The second-order valence-corrected chi connectivity index (χ2v) is 8.07. The topological polar surface area (TPSA) is 3.24 Å². The highest BCUT2D eigenvalue weighted by Gasteiger charge is 2.19. The van der Waals surface area contributed by atoms with Crippen LogP contribution in [0.3, 0.4) is 0 Å². The van der Waals surface area contributed by atoms with Crippen molar-refractivity contribution < 1.29 is 0 Å². The van der Waals surface area contributed by atoms with E-state index in [0.717, 1.165) is 25.7 Å². The van der Waals surface area contributed by atoms with Crippen molar-refractivity contribution in [1.82, 2.24) is 0 Å². The summed E-state index contributed by atoms with van der Waals surface area (Å²) in [5, 5.41) is 0. The Morgan fingerprint density at radius 2 is 1.74 bits per heavy atom. The maximum Gasteiger partial charge on any atom is 0.0554 e. The molecule has 0 radical (unpaired) electrons. The van der Waals surface area contributed by atoms with E-state index in [4.69, 9.17) is 0 Å². The number of hydrogen-bond donors (Lipinski definition) is 0. The van der Waals surface area contributed by atoms with Crippen LogP contribution in [0, 0.1) is 5.92 Å². The Morgan fingerprint density at radius 1 is 0.935 bits per heavy atom. The van der Waals surface area contributed by atoms with Crippen LogP contribution >= 0.6 is 0 Å². The number of hydrogen-bond acceptors (Lipinski definition) is 1. The molecule has 0 amide bonds. The van der Waals surface area contributed by atoms with Crippen LogP contribution in [0.25, 0.3) is 11.1 Å². The summed E-state index contributed by atoms with van der Waals surface area (Å²) in [5.41, 5.74) is 4.95. The lowest BCUT2D eigenvalue weighted by Crippen LogP contribution is -2.32. The van der Waals surface area contributed by atoms with Gasteiger partial charge < -0.3 is 4.90 Å². The summed E-state index contributed by atoms with van der Waals surface area (Å²) in [6, 6.07) is 19.7. The predicted octanol–water partition coefficient (Wildman–Crippen LogP) is 8.03. The van der Waals surface area contributed by atoms with Crippen molar-refractivity contribution in [2.75, 3.05) is 4.90 Å². The first-order valence-corrected chi connectivity index (χ1v) is 11.3. The SMILES string of the molecule is C=CC(CC=CC1C=CC=CC1)N(C1=CCCC=C1)c1ccc(-c2ccccc2)cc1. The van der Waals surface area contributed by atoms with Gasteiger partial charge in [0.1, 0.15) is 0 Å². The van der Waals surface area contributed by atoms with Gasteiger partial charge in [0.25, 0.3) is 0 Å². The fourth-order valence-corrected chi connectivity index (χ4v) is 4.20. The highest BCUT2D eigenvalue weighted by atomic mass is 15.2. The summed E-state index contributed by atoms with van der Waals surface area (Å²) < 4.78 is 0. The lowest BCUT2D eigenvalue weighted by molar-refractivity contribution is 0.751. The van der Waals surface area contributed by atoms with Gasteiger partial charge in [0.15, 0.2) is 0 Å². The van der Waals surface area contributed by atoms with Crippen molar-refractivity contribution in [1.29, 1.82) is 0 Å². The van der Waals surface area contributed by atoms with Gasteiger partial charge in [-0.25, -0.2) is 0 Å². The van der Waals surface area contributed by atoms with Crippen molar-refractivity contribution >= 4 is 5.69 Å². The Bertz CT molecular complexity index is 1000. The summed E-state index contributed by atoms with van der Waals surface area (Å²) in [6.45, 7) is 4.18. The Balaban J connectivity index is 1.57. The molecule has 1 heteroatoms. The molecule has 4 rings (SSSR count). The smallest absolute Gasteiger partial charge is 0.0554 e. The highest BCUT2D eigenvalue weighted by molar-refractivity contribution is 5.68. The van der Waals surface area contributed by atoms with Gasteiger partial charge in [0.2, 0.25) is 0 Å². The van der Waals surface area contributed by atoms with Crippen molar-refractivity contribution in [3.8, 4) is 11.1 Å². The fraction of sp³-hybridized carbons (Fsp3) is 0.200. The molecule has 1 nitrogen and oxygen atoms in total. The van der Waals surface area contributed by atoms with Crippen LogP contribution in [0.15, 0.2) is 128 Å². The van der Waals surface area contributed by atoms with Gasteiger partial charge >= 0.3 is 0 Å². The van der Waals surface area contributed by atoms with Crippen molar-refractivity contribution in [3.05, 3.63) is 128 Å². The second kappa shape index (κ2) is 10.6. The summed E-state index contributed by atoms with van der Waals surface area (Å²) in [7, 11) is 0. The molecule has 2 atom stereocenters. The third-order valence-corrected chi connectivity index (χ3v) is 5.88. The Labute approximate surface area is 187 Å². The molecule has 0 aromatic heterocycles. The molecule has 0 fully saturated rings. The number of rotatable bonds is 8. The van der Waals surface area contributed by atoms with E-state index in [1.165, 1.54) is 22.5 Å². The molecule has 0 saturated heterocycles. The average molecular weight is 406 g/mol. The standard InChI is InChI=1S/C30H31N/c1-2-28(20-12-15-25-13-6-3-7-14-25)31(29-18-10-5-11-19-29)30-23-21-27(22-24-30)26-16-8-4-9-17-26/h2-4,6-10,12-13,15-19,21-25,28H,1,5,11,14,20H2. The number of nitrogens with zero attached hydrogens (tertiary/aromatic N) is 1. The van der Waals surface area contributed by atoms with Crippen molar-refractivity contribution in [2.24, 2.45) is 5.92 Å². The van der Waals surface area contributed by atoms with Crippen LogP contribution in [0.2, 0.25) is 0 Å². The quantitative estimate of drug-likeness (QED) is 0.402. The molecule has 31 heavy (non-hydrogen) atoms. The molecular formula is C30H31N. The van der Waals surface area contributed by atoms with Crippen LogP contribution in [0.5, 0.6) is 0 Å². The second-order valence-electron chi connectivity index (χ2n) is 8.07. The molecule has 156 valence electrons. The van der Waals surface area contributed by atoms with Crippen LogP contribution in [-0.2, 0) is 0 Å². The summed E-state index contributed by atoms with van der Waals surface area (Å²) in [5.74, 6) is 0.503. The first kappa shape index (κ1) is 20.9. The molecule has 0 spiro atoms. The Hall–Kier alpha value is -3.32. The molecular weight excluding hydrogens is 374 g/mol. The molecule has 0 heterocycles. The zero-order chi connectivity index (χ0) is 21.3. The third kappa shape index (κ3) is 5.44. The van der Waals surface area contributed by atoms with E-state index in [1.54, 1.807) is 0 Å². The molecule has 2 aliphatic rings. The van der Waals surface area contributed by atoms with Gasteiger partial charge in [-0.2, -0.15) is 0 Å². The zero-order valence-electron chi connectivity index (χ0n) is 18.1. The van der Waals surface area contributed by atoms with Crippen LogP contribution in [0.1, 0.15) is 25.7 Å². The van der Waals surface area contributed by atoms with E-state index in [-0.39, 0.29) is 6.04 Å². The first-order valence-electron chi connectivity index (χ1n) is 11.3. The molecule has 0 bridgehead atoms. The number of allylic oxidation sites excluding steroid dienone is 8. The van der Waals surface area contributed by atoms with Gasteiger partial charge in [-0.1, -0.05) is 97.1 Å². The monoisotopic (exact) mass is 405 g/mol. The fourth-order valence-electron chi connectivity index (χ4n) is 4.20. The molecule has 2 aliphatic carbocycles. The Kier molecular flexibility index (Phi) is 7.18. The lowest BCUT2D eigenvalue weighted by atomic mass is 9.99. The minimum absolute atomic E-state index is 0.205. The van der Waals surface area contributed by atoms with E-state index in [1.807, 2.05) is 0 Å². The van der Waals surface area contributed by atoms with E-state index in [9.17, 15) is 0 Å². The first-order chi connectivity index (χ1) is 15.3. The molecule has 0 aliphatic heterocycles. The van der Waals surface area contributed by atoms with Crippen LogP contribution < -0.4 is 4.90 Å². The van der Waals surface area contributed by atoms with E-state index < -0.39 is 0 Å². The average Bonchev–Trinajstić information content (AvgIpc) is 2.85. The minimum atomic E-state index is 0.205. The third-order valence-electron chi connectivity index (χ3n) is 5.88. The maximum atomic E-state index is 4.18. The number of anilines is 1. The van der Waals surface area contributed by atoms with Crippen LogP contribution in [-0.4, -0.2) is 6.04 Å². The Morgan fingerprint density at radius 3 is 2.42 bits per heavy atom. The minimum Gasteiger partial charge on any atom is -0.335 e. The van der Waals surface area contributed by atoms with Crippen molar-refractivity contribution in [2.45, 2.75) is 31.7 Å². The number of benzene rings is 2. The highest BCUT2D eigenvalue weighted by Crippen LogP contribution is 2.30. The van der Waals surface area contributed by atoms with E-state index in [0.29, 0.717) is 5.92 Å². The lowest BCUT2D eigenvalue weighted by Gasteiger charge is -2.33. The van der Waals surface area contributed by atoms with Gasteiger partial charge in [-0.15, -0.1) is 6.58 Å². The summed E-state index contributed by atoms with van der Waals surface area (Å²) in [6.07, 6.45) is 26.6. The molecule has 0 N–H and O–H groups in total. The van der Waals surface area contributed by atoms with Gasteiger partial charge in [-0.05, 0) is 60.9 Å². The van der Waals surface area contributed by atoms with E-state index in [2.05, 4.69) is 127 Å². The normalized spacial score (nSPS) is 18.7. The summed E-state index contributed by atoms with van der Waals surface area (Å²) in [4.78, 5) is 2.43. The molecule has 0 saturated carbocycles. The zero-order valence-corrected chi connectivity index (χ0v) is 18.1. The van der Waals surface area contributed by atoms with Gasteiger partial charge in [0.05, 0.1) is 6.04 Å².